The van der Waals surface area contributed by atoms with Gasteiger partial charge in [-0.3, -0.25) is 14.4 Å². The fourth-order valence-electron chi connectivity index (χ4n) is 3.27. The highest BCUT2D eigenvalue weighted by Gasteiger charge is 2.13. The molecule has 0 saturated carbocycles. The first-order valence-electron chi connectivity index (χ1n) is 13.1. The Bertz CT molecular complexity index is 535. The minimum absolute atomic E-state index is 0.00241. The molecule has 10 heteroatoms. The van der Waals surface area contributed by atoms with Crippen LogP contribution in [0.1, 0.15) is 65.2 Å². The largest absolute Gasteiger partial charge is 0.379 e. The topological polar surface area (TPSA) is 138 Å². The van der Waals surface area contributed by atoms with Crippen molar-refractivity contribution in [3.63, 3.8) is 0 Å². The monoisotopic (exact) mass is 503 g/mol. The molecule has 10 nitrogen and oxygen atoms in total. The van der Waals surface area contributed by atoms with Crippen molar-refractivity contribution >= 4 is 17.6 Å². The van der Waals surface area contributed by atoms with Crippen LogP contribution in [0.2, 0.25) is 0 Å². The molecule has 0 radical (unpaired) electrons. The van der Waals surface area contributed by atoms with E-state index in [0.29, 0.717) is 46.1 Å². The lowest BCUT2D eigenvalue weighted by Crippen LogP contribution is -2.31. The predicted molar refractivity (Wildman–Crippen MR) is 135 cm³/mol. The molecule has 0 heterocycles. The lowest BCUT2D eigenvalue weighted by Gasteiger charge is -2.12. The van der Waals surface area contributed by atoms with Crippen molar-refractivity contribution < 1.29 is 33.3 Å². The van der Waals surface area contributed by atoms with Gasteiger partial charge in [0.25, 0.3) is 0 Å². The zero-order valence-corrected chi connectivity index (χ0v) is 21.9. The lowest BCUT2D eigenvalue weighted by molar-refractivity contribution is -0.127. The summed E-state index contributed by atoms with van der Waals surface area (Å²) >= 11 is 0. The molecule has 0 bridgehead atoms. The van der Waals surface area contributed by atoms with Gasteiger partial charge in [-0.05, 0) is 25.7 Å². The van der Waals surface area contributed by atoms with Gasteiger partial charge in [-0.1, -0.05) is 39.5 Å². The Labute approximate surface area is 211 Å². The fraction of sp³-hybridized carbons (Fsp3) is 0.880. The maximum absolute atomic E-state index is 11.7. The van der Waals surface area contributed by atoms with Crippen LogP contribution < -0.4 is 16.4 Å². The van der Waals surface area contributed by atoms with Crippen LogP contribution in [0.5, 0.6) is 0 Å². The Balaban J connectivity index is 3.39. The quantitative estimate of drug-likeness (QED) is 0.151. The van der Waals surface area contributed by atoms with Crippen molar-refractivity contribution in [3.8, 4) is 0 Å². The van der Waals surface area contributed by atoms with E-state index in [1.54, 1.807) is 0 Å². The number of ketones is 1. The van der Waals surface area contributed by atoms with Crippen LogP contribution in [0.4, 0.5) is 0 Å². The van der Waals surface area contributed by atoms with Crippen molar-refractivity contribution in [1.29, 1.82) is 0 Å². The first kappa shape index (κ1) is 33.4. The molecule has 0 aliphatic heterocycles. The van der Waals surface area contributed by atoms with Gasteiger partial charge >= 0.3 is 0 Å². The number of carbonyl (C=O) groups excluding carboxylic acids is 3. The van der Waals surface area contributed by atoms with E-state index in [1.807, 2.05) is 6.92 Å². The summed E-state index contributed by atoms with van der Waals surface area (Å²) in [5, 5.41) is 5.51. The number of Topliss-reactive ketones (excluding diaryl/α,β-unsaturated/α-hetero) is 1. The van der Waals surface area contributed by atoms with Gasteiger partial charge in [0.2, 0.25) is 11.8 Å². The lowest BCUT2D eigenvalue weighted by atomic mass is 9.95. The predicted octanol–water partition coefficient (Wildman–Crippen LogP) is 1.59. The summed E-state index contributed by atoms with van der Waals surface area (Å²) in [6, 6.07) is 0. The van der Waals surface area contributed by atoms with Crippen molar-refractivity contribution in [2.24, 2.45) is 11.7 Å². The van der Waals surface area contributed by atoms with Crippen LogP contribution in [0, 0.1) is 5.92 Å². The number of amides is 2. The molecule has 2 amide bonds. The van der Waals surface area contributed by atoms with Gasteiger partial charge < -0.3 is 35.3 Å². The zero-order chi connectivity index (χ0) is 26.0. The third-order valence-electron chi connectivity index (χ3n) is 5.37. The molecule has 0 aliphatic carbocycles. The van der Waals surface area contributed by atoms with E-state index in [1.165, 1.54) is 19.3 Å². The first-order chi connectivity index (χ1) is 17.0. The number of nitrogens with one attached hydrogen (secondary N) is 2. The van der Waals surface area contributed by atoms with Gasteiger partial charge in [-0.25, -0.2) is 0 Å². The molecular formula is C25H49N3O7. The summed E-state index contributed by atoms with van der Waals surface area (Å²) in [4.78, 5) is 35.0. The van der Waals surface area contributed by atoms with Crippen molar-refractivity contribution in [1.82, 2.24) is 10.6 Å². The second-order valence-electron chi connectivity index (χ2n) is 8.36. The average Bonchev–Trinajstić information content (AvgIpc) is 2.86. The molecule has 0 aromatic carbocycles. The molecule has 0 aromatic heterocycles. The van der Waals surface area contributed by atoms with E-state index in [2.05, 4.69) is 17.6 Å². The van der Waals surface area contributed by atoms with Crippen LogP contribution in [0.25, 0.3) is 0 Å². The highest BCUT2D eigenvalue weighted by Crippen LogP contribution is 2.12. The van der Waals surface area contributed by atoms with Crippen molar-refractivity contribution in [3.05, 3.63) is 0 Å². The second-order valence-corrected chi connectivity index (χ2v) is 8.36. The number of ether oxygens (including phenoxy) is 4. The maximum Gasteiger partial charge on any atom is 0.246 e. The van der Waals surface area contributed by atoms with Gasteiger partial charge in [0, 0.05) is 25.6 Å². The smallest absolute Gasteiger partial charge is 0.246 e. The van der Waals surface area contributed by atoms with Gasteiger partial charge in [-0.2, -0.15) is 0 Å². The molecular weight excluding hydrogens is 454 g/mol. The Kier molecular flexibility index (Phi) is 24.3. The van der Waals surface area contributed by atoms with Crippen molar-refractivity contribution in [2.45, 2.75) is 65.2 Å². The first-order valence-corrected chi connectivity index (χ1v) is 13.1. The van der Waals surface area contributed by atoms with E-state index in [9.17, 15) is 14.4 Å². The van der Waals surface area contributed by atoms with Gasteiger partial charge in [0.1, 0.15) is 19.0 Å². The zero-order valence-electron chi connectivity index (χ0n) is 21.9. The molecule has 0 saturated heterocycles. The molecule has 0 aromatic rings. The molecule has 0 aliphatic rings. The normalized spacial score (nSPS) is 11.9. The summed E-state index contributed by atoms with van der Waals surface area (Å²) < 4.78 is 21.4. The SMILES string of the molecule is CCCCCCOCCOCC(=O)NCCOCCOCC(=O)NCCCC[C@H](CC)C(=O)CN. The maximum atomic E-state index is 11.7. The van der Waals surface area contributed by atoms with E-state index in [4.69, 9.17) is 24.7 Å². The summed E-state index contributed by atoms with van der Waals surface area (Å²) in [6.45, 7) is 7.79. The molecule has 4 N–H and O–H groups in total. The number of unbranched alkanes of at least 4 members (excludes halogenated alkanes) is 4. The van der Waals surface area contributed by atoms with E-state index in [-0.39, 0.29) is 43.3 Å². The molecule has 0 fully saturated rings. The minimum atomic E-state index is -0.194. The third kappa shape index (κ3) is 22.6. The second kappa shape index (κ2) is 25.5. The Morgan fingerprint density at radius 2 is 1.29 bits per heavy atom. The molecule has 206 valence electrons. The van der Waals surface area contributed by atoms with Gasteiger partial charge in [-0.15, -0.1) is 0 Å². The van der Waals surface area contributed by atoms with Gasteiger partial charge in [0.05, 0.1) is 39.6 Å². The Morgan fingerprint density at radius 1 is 0.686 bits per heavy atom. The van der Waals surface area contributed by atoms with Crippen LogP contribution in [0.3, 0.4) is 0 Å². The number of hydrogen-bond acceptors (Lipinski definition) is 8. The summed E-state index contributed by atoms with van der Waals surface area (Å²) in [5.41, 5.74) is 5.41. The van der Waals surface area contributed by atoms with Crippen LogP contribution in [-0.4, -0.2) is 90.1 Å². The van der Waals surface area contributed by atoms with Gasteiger partial charge in [0.15, 0.2) is 0 Å². The Morgan fingerprint density at radius 3 is 1.89 bits per heavy atom. The molecule has 35 heavy (non-hydrogen) atoms. The third-order valence-corrected chi connectivity index (χ3v) is 5.37. The van der Waals surface area contributed by atoms with Crippen LogP contribution >= 0.6 is 0 Å². The molecule has 0 rings (SSSR count). The summed E-state index contributed by atoms with van der Waals surface area (Å²) in [6.07, 6.45) is 7.97. The highest BCUT2D eigenvalue weighted by atomic mass is 16.5. The molecule has 0 spiro atoms. The van der Waals surface area contributed by atoms with Crippen LogP contribution in [-0.2, 0) is 33.3 Å². The number of carbonyl (C=O) groups is 3. The van der Waals surface area contributed by atoms with E-state index < -0.39 is 0 Å². The van der Waals surface area contributed by atoms with Crippen LogP contribution in [0.15, 0.2) is 0 Å². The van der Waals surface area contributed by atoms with E-state index in [0.717, 1.165) is 38.7 Å². The molecule has 0 unspecified atom stereocenters. The van der Waals surface area contributed by atoms with Crippen molar-refractivity contribution in [2.75, 3.05) is 72.5 Å². The number of nitrogens with two attached hydrogens (primary N) is 1. The summed E-state index contributed by atoms with van der Waals surface area (Å²) in [7, 11) is 0. The average molecular weight is 504 g/mol. The Hall–Kier alpha value is -1.59. The minimum Gasteiger partial charge on any atom is -0.379 e. The summed E-state index contributed by atoms with van der Waals surface area (Å²) in [5.74, 6) is -0.242. The standard InChI is InChI=1S/C25H49N3O7/c1-3-5-6-9-13-32-15-17-34-21-25(31)28-12-14-33-16-18-35-20-24(30)27-11-8-7-10-22(4-2)23(29)19-26/h22H,3-21,26H2,1-2H3,(H,27,30)(H,28,31)/t22-/m0/s1. The molecule has 1 atom stereocenters. The fourth-order valence-corrected chi connectivity index (χ4v) is 3.27. The highest BCUT2D eigenvalue weighted by molar-refractivity contribution is 5.82. The van der Waals surface area contributed by atoms with E-state index >= 15 is 0 Å². The number of hydrogen-bond donors (Lipinski definition) is 3. The number of rotatable bonds is 26.